The van der Waals surface area contributed by atoms with Gasteiger partial charge >= 0.3 is 0 Å². The summed E-state index contributed by atoms with van der Waals surface area (Å²) in [6.45, 7) is 0. The third-order valence-corrected chi connectivity index (χ3v) is 4.81. The molecule has 3 aromatic carbocycles. The van der Waals surface area contributed by atoms with Crippen molar-refractivity contribution in [3.63, 3.8) is 0 Å². The van der Waals surface area contributed by atoms with Gasteiger partial charge in [0.2, 0.25) is 0 Å². The molecule has 1 unspecified atom stereocenters. The molecule has 1 aliphatic heterocycles. The highest BCUT2D eigenvalue weighted by Gasteiger charge is 2.36. The Hall–Kier alpha value is -2.34. The van der Waals surface area contributed by atoms with Crippen molar-refractivity contribution in [3.8, 4) is 5.75 Å². The van der Waals surface area contributed by atoms with E-state index in [4.69, 9.17) is 9.73 Å². The molecular weight excluding hydrogens is 435 g/mol. The quantitative estimate of drug-likeness (QED) is 0.342. The highest BCUT2D eigenvalue weighted by molar-refractivity contribution is 14.1. The third-order valence-electron chi connectivity index (χ3n) is 4.50. The minimum atomic E-state index is 0.315. The lowest BCUT2D eigenvalue weighted by Crippen LogP contribution is -2.46. The lowest BCUT2D eigenvalue weighted by molar-refractivity contribution is 0.404. The summed E-state index contributed by atoms with van der Waals surface area (Å²) in [6, 6.07) is 29.3. The lowest BCUT2D eigenvalue weighted by Gasteiger charge is -2.44. The van der Waals surface area contributed by atoms with E-state index in [1.807, 2.05) is 42.5 Å². The number of amidine groups is 1. The molecule has 1 fully saturated rings. The van der Waals surface area contributed by atoms with Crippen molar-refractivity contribution >= 4 is 39.8 Å². The van der Waals surface area contributed by atoms with Gasteiger partial charge < -0.3 is 9.64 Å². The van der Waals surface area contributed by atoms with Crippen LogP contribution >= 0.6 is 22.6 Å². The molecule has 1 saturated heterocycles. The van der Waals surface area contributed by atoms with E-state index < -0.39 is 0 Å². The van der Waals surface area contributed by atoms with Crippen molar-refractivity contribution < 1.29 is 4.74 Å². The van der Waals surface area contributed by atoms with E-state index in [1.54, 1.807) is 0 Å². The fourth-order valence-electron chi connectivity index (χ4n) is 3.22. The summed E-state index contributed by atoms with van der Waals surface area (Å²) < 4.78 is 6.21. The summed E-state index contributed by atoms with van der Waals surface area (Å²) in [5, 5.41) is 0. The molecule has 0 radical (unpaired) electrons. The molecular formula is C22H19IN2O. The molecule has 4 heteroatoms. The minimum absolute atomic E-state index is 0.315. The maximum absolute atomic E-state index is 5.56. The Bertz CT molecular complexity index is 879. The van der Waals surface area contributed by atoms with Crippen LogP contribution in [0.2, 0.25) is 0 Å². The van der Waals surface area contributed by atoms with Crippen molar-refractivity contribution in [2.75, 3.05) is 9.51 Å². The predicted octanol–water partition coefficient (Wildman–Crippen LogP) is 6.14. The first-order valence-corrected chi connectivity index (χ1v) is 10.1. The van der Waals surface area contributed by atoms with Gasteiger partial charge in [-0.2, -0.15) is 0 Å². The first-order chi connectivity index (χ1) is 12.8. The highest BCUT2D eigenvalue weighted by atomic mass is 127. The summed E-state index contributed by atoms with van der Waals surface area (Å²) >= 11 is 2.21. The fraction of sp³-hybridized carbons (Fsp3) is 0.136. The Morgan fingerprint density at radius 2 is 1.54 bits per heavy atom. The second kappa shape index (κ2) is 7.91. The fourth-order valence-corrected chi connectivity index (χ4v) is 3.58. The van der Waals surface area contributed by atoms with E-state index in [1.165, 1.54) is 5.56 Å². The van der Waals surface area contributed by atoms with Crippen LogP contribution in [-0.2, 0) is 0 Å². The van der Waals surface area contributed by atoms with Crippen molar-refractivity contribution in [3.05, 3.63) is 90.5 Å². The first kappa shape index (κ1) is 17.1. The zero-order valence-electron chi connectivity index (χ0n) is 14.3. The Morgan fingerprint density at radius 1 is 0.885 bits per heavy atom. The maximum Gasteiger partial charge on any atom is 0.139 e. The average Bonchev–Trinajstić information content (AvgIpc) is 2.68. The molecule has 0 aliphatic carbocycles. The van der Waals surface area contributed by atoms with Crippen molar-refractivity contribution in [1.82, 2.24) is 0 Å². The van der Waals surface area contributed by atoms with Crippen LogP contribution in [0, 0.1) is 0 Å². The number of hydrogen-bond donors (Lipinski definition) is 0. The van der Waals surface area contributed by atoms with Gasteiger partial charge in [-0.3, -0.25) is 0 Å². The van der Waals surface area contributed by atoms with E-state index in [0.717, 1.165) is 29.4 Å². The smallest absolute Gasteiger partial charge is 0.139 e. The van der Waals surface area contributed by atoms with Crippen LogP contribution in [0.3, 0.4) is 0 Å². The second-order valence-corrected chi connectivity index (χ2v) is 6.73. The summed E-state index contributed by atoms with van der Waals surface area (Å²) in [5.74, 6) is 1.98. The molecule has 1 heterocycles. The first-order valence-electron chi connectivity index (χ1n) is 8.61. The van der Waals surface area contributed by atoms with Crippen LogP contribution in [-0.4, -0.2) is 10.4 Å². The number of anilines is 1. The minimum Gasteiger partial charge on any atom is -0.483 e. The van der Waals surface area contributed by atoms with Gasteiger partial charge in [-0.05, 0) is 64.6 Å². The van der Waals surface area contributed by atoms with Crippen molar-refractivity contribution in [2.24, 2.45) is 4.99 Å². The van der Waals surface area contributed by atoms with Crippen LogP contribution in [0.5, 0.6) is 5.75 Å². The zero-order valence-corrected chi connectivity index (χ0v) is 16.4. The largest absolute Gasteiger partial charge is 0.483 e. The summed E-state index contributed by atoms with van der Waals surface area (Å²) in [7, 11) is 0. The van der Waals surface area contributed by atoms with Gasteiger partial charge in [0.15, 0.2) is 0 Å². The highest BCUT2D eigenvalue weighted by Crippen LogP contribution is 2.40. The van der Waals surface area contributed by atoms with Crippen LogP contribution in [0.1, 0.15) is 18.0 Å². The number of benzene rings is 3. The number of halogens is 1. The van der Waals surface area contributed by atoms with Crippen LogP contribution in [0.25, 0.3) is 0 Å². The van der Waals surface area contributed by atoms with Gasteiger partial charge in [-0.1, -0.05) is 48.5 Å². The second-order valence-electron chi connectivity index (χ2n) is 6.11. The molecule has 0 spiro atoms. The van der Waals surface area contributed by atoms with Gasteiger partial charge in [-0.25, -0.2) is 4.99 Å². The molecule has 1 atom stereocenters. The molecule has 130 valence electrons. The molecule has 0 N–H and O–H groups in total. The van der Waals surface area contributed by atoms with Gasteiger partial charge in [-0.15, -0.1) is 0 Å². The monoisotopic (exact) mass is 454 g/mol. The molecule has 1 aliphatic rings. The number of aliphatic imine (C=N–C) groups is 1. The number of para-hydroxylation sites is 1. The Labute approximate surface area is 167 Å². The number of rotatable bonds is 5. The SMILES string of the molecule is ICOc1ccc(N2/C(=N/c3ccccc3)CC2c2ccccc2)cc1. The number of hydrogen-bond acceptors (Lipinski definition) is 2. The van der Waals surface area contributed by atoms with Gasteiger partial charge in [0.05, 0.1) is 11.7 Å². The maximum atomic E-state index is 5.56. The van der Waals surface area contributed by atoms with Crippen LogP contribution in [0.15, 0.2) is 89.9 Å². The molecule has 4 rings (SSSR count). The average molecular weight is 454 g/mol. The van der Waals surface area contributed by atoms with Gasteiger partial charge in [0.1, 0.15) is 16.2 Å². The van der Waals surface area contributed by atoms with E-state index in [-0.39, 0.29) is 0 Å². The topological polar surface area (TPSA) is 24.8 Å². The Morgan fingerprint density at radius 3 is 2.19 bits per heavy atom. The standard InChI is InChI=1S/C22H19IN2O/c23-16-26-20-13-11-19(12-14-20)25-21(17-7-3-1-4-8-17)15-22(25)24-18-9-5-2-6-10-18/h1-14,21H,15-16H2/b24-22+. The Kier molecular flexibility index (Phi) is 5.20. The number of ether oxygens (including phenoxy) is 1. The van der Waals surface area contributed by atoms with Crippen molar-refractivity contribution in [2.45, 2.75) is 12.5 Å². The zero-order chi connectivity index (χ0) is 17.8. The third kappa shape index (κ3) is 3.60. The van der Waals surface area contributed by atoms with Crippen LogP contribution in [0.4, 0.5) is 11.4 Å². The van der Waals surface area contributed by atoms with E-state index >= 15 is 0 Å². The molecule has 0 saturated carbocycles. The number of alkyl halides is 1. The van der Waals surface area contributed by atoms with Crippen LogP contribution < -0.4 is 9.64 Å². The summed E-state index contributed by atoms with van der Waals surface area (Å²) in [6.07, 6.45) is 0.935. The van der Waals surface area contributed by atoms with Crippen molar-refractivity contribution in [1.29, 1.82) is 0 Å². The van der Waals surface area contributed by atoms with E-state index in [2.05, 4.69) is 70.0 Å². The van der Waals surface area contributed by atoms with E-state index in [9.17, 15) is 0 Å². The summed E-state index contributed by atoms with van der Waals surface area (Å²) in [4.78, 5) is 7.18. The summed E-state index contributed by atoms with van der Waals surface area (Å²) in [5.41, 5.74) is 3.44. The van der Waals surface area contributed by atoms with Gasteiger partial charge in [0.25, 0.3) is 0 Å². The number of nitrogens with zero attached hydrogens (tertiary/aromatic N) is 2. The molecule has 0 aromatic heterocycles. The molecule has 26 heavy (non-hydrogen) atoms. The lowest BCUT2D eigenvalue weighted by atomic mass is 9.92. The molecule has 0 amide bonds. The molecule has 3 nitrogen and oxygen atoms in total. The Balaban J connectivity index is 1.67. The predicted molar refractivity (Wildman–Crippen MR) is 116 cm³/mol. The molecule has 3 aromatic rings. The molecule has 0 bridgehead atoms. The van der Waals surface area contributed by atoms with Gasteiger partial charge in [0, 0.05) is 12.1 Å². The van der Waals surface area contributed by atoms with E-state index in [0.29, 0.717) is 10.7 Å². The normalized spacial score (nSPS) is 17.8.